The number of furan rings is 1. The summed E-state index contributed by atoms with van der Waals surface area (Å²) in [5, 5.41) is 9.70. The van der Waals surface area contributed by atoms with E-state index in [1.165, 1.54) is 70.8 Å². The molecule has 3 aromatic heterocycles. The van der Waals surface area contributed by atoms with Crippen LogP contribution in [0.1, 0.15) is 31.9 Å². The Hall–Kier alpha value is -4.24. The Kier molecular flexibility index (Phi) is 3.81. The summed E-state index contributed by atoms with van der Waals surface area (Å²) < 4.78 is 14.6. The Morgan fingerprint density at radius 1 is 0.676 bits per heavy atom. The molecule has 0 bridgehead atoms. The molecule has 180 valence electrons. The third kappa shape index (κ3) is 2.66. The van der Waals surface area contributed by atoms with E-state index in [-0.39, 0.29) is 5.41 Å². The molecule has 0 unspecified atom stereocenters. The Morgan fingerprint density at radius 3 is 2.24 bits per heavy atom. The Labute approximate surface area is 214 Å². The van der Waals surface area contributed by atoms with E-state index in [4.69, 9.17) is 9.15 Å². The van der Waals surface area contributed by atoms with Crippen LogP contribution in [0.2, 0.25) is 0 Å². The van der Waals surface area contributed by atoms with E-state index in [0.29, 0.717) is 0 Å². The van der Waals surface area contributed by atoms with Crippen LogP contribution < -0.4 is 4.74 Å². The van der Waals surface area contributed by atoms with Crippen LogP contribution >= 0.6 is 0 Å². The standard InChI is InChI=1S/C34H27NO2/c1-18-6-8-22-25-14-19-13-24-23-9-11-29(36-5)32-26-17-21(34(2,3)4)7-10-27(26)35(33(23)32)28(24)15-20(19)16-31(25)37-30(22)12-18/h6-17H,1-5H3. The van der Waals surface area contributed by atoms with Crippen molar-refractivity contribution in [1.29, 1.82) is 0 Å². The average Bonchev–Trinajstić information content (AvgIpc) is 3.50. The summed E-state index contributed by atoms with van der Waals surface area (Å²) in [6, 6.07) is 26.9. The summed E-state index contributed by atoms with van der Waals surface area (Å²) in [6.07, 6.45) is 0. The Morgan fingerprint density at radius 2 is 1.43 bits per heavy atom. The maximum atomic E-state index is 6.29. The van der Waals surface area contributed by atoms with Crippen LogP contribution in [0.15, 0.2) is 77.2 Å². The topological polar surface area (TPSA) is 26.8 Å². The molecular weight excluding hydrogens is 454 g/mol. The number of methoxy groups -OCH3 is 1. The summed E-state index contributed by atoms with van der Waals surface area (Å²) in [4.78, 5) is 0. The second-order valence-corrected chi connectivity index (χ2v) is 11.5. The summed E-state index contributed by atoms with van der Waals surface area (Å²) in [7, 11) is 1.77. The fraction of sp³-hybridized carbons (Fsp3) is 0.176. The number of aryl methyl sites for hydroxylation is 1. The maximum absolute atomic E-state index is 6.29. The number of fused-ring (bicyclic) bond motifs is 10. The van der Waals surface area contributed by atoms with E-state index in [9.17, 15) is 0 Å². The molecule has 0 saturated carbocycles. The predicted octanol–water partition coefficient (Wildman–Crippen LogP) is 9.50. The van der Waals surface area contributed by atoms with Gasteiger partial charge in [-0.3, -0.25) is 0 Å². The van der Waals surface area contributed by atoms with Crippen molar-refractivity contribution in [2.45, 2.75) is 33.1 Å². The second kappa shape index (κ2) is 6.74. The van der Waals surface area contributed by atoms with E-state index < -0.39 is 0 Å². The largest absolute Gasteiger partial charge is 0.496 e. The monoisotopic (exact) mass is 481 g/mol. The van der Waals surface area contributed by atoms with Gasteiger partial charge in [-0.1, -0.05) is 39.0 Å². The molecular formula is C34H27NO2. The van der Waals surface area contributed by atoms with Crippen molar-refractivity contribution in [1.82, 2.24) is 4.40 Å². The van der Waals surface area contributed by atoms with Crippen molar-refractivity contribution < 1.29 is 9.15 Å². The lowest BCUT2D eigenvalue weighted by atomic mass is 9.86. The van der Waals surface area contributed by atoms with Crippen LogP contribution in [-0.2, 0) is 5.41 Å². The number of aromatic nitrogens is 1. The average molecular weight is 482 g/mol. The normalized spacial score (nSPS) is 13.0. The van der Waals surface area contributed by atoms with E-state index in [0.717, 1.165) is 16.9 Å². The molecule has 3 heteroatoms. The molecule has 0 radical (unpaired) electrons. The summed E-state index contributed by atoms with van der Waals surface area (Å²) in [5.74, 6) is 0.921. The molecule has 0 saturated heterocycles. The van der Waals surface area contributed by atoms with Crippen molar-refractivity contribution in [3.05, 3.63) is 83.9 Å². The zero-order valence-corrected chi connectivity index (χ0v) is 21.7. The molecule has 8 aromatic rings. The van der Waals surface area contributed by atoms with Crippen LogP contribution in [0.25, 0.3) is 70.8 Å². The first-order valence-electron chi connectivity index (χ1n) is 12.9. The van der Waals surface area contributed by atoms with E-state index in [1.807, 2.05) is 0 Å². The van der Waals surface area contributed by atoms with Gasteiger partial charge in [0.15, 0.2) is 0 Å². The lowest BCUT2D eigenvalue weighted by Gasteiger charge is -2.19. The summed E-state index contributed by atoms with van der Waals surface area (Å²) in [6.45, 7) is 8.91. The first-order chi connectivity index (χ1) is 17.8. The molecule has 3 nitrogen and oxygen atoms in total. The number of hydrogen-bond acceptors (Lipinski definition) is 2. The molecule has 0 aliphatic carbocycles. The number of benzene rings is 5. The zero-order chi connectivity index (χ0) is 25.2. The van der Waals surface area contributed by atoms with Gasteiger partial charge in [-0.2, -0.15) is 0 Å². The van der Waals surface area contributed by atoms with Gasteiger partial charge in [0.2, 0.25) is 0 Å². The lowest BCUT2D eigenvalue weighted by Crippen LogP contribution is -2.10. The van der Waals surface area contributed by atoms with Gasteiger partial charge in [-0.15, -0.1) is 0 Å². The summed E-state index contributed by atoms with van der Waals surface area (Å²) >= 11 is 0. The summed E-state index contributed by atoms with van der Waals surface area (Å²) in [5.41, 5.74) is 8.15. The van der Waals surface area contributed by atoms with Crippen LogP contribution in [0, 0.1) is 6.92 Å². The molecule has 0 aliphatic rings. The fourth-order valence-corrected chi connectivity index (χ4v) is 6.29. The van der Waals surface area contributed by atoms with Gasteiger partial charge < -0.3 is 13.6 Å². The molecule has 0 aliphatic heterocycles. The van der Waals surface area contributed by atoms with Gasteiger partial charge in [0.1, 0.15) is 16.9 Å². The van der Waals surface area contributed by atoms with Gasteiger partial charge in [0, 0.05) is 26.9 Å². The maximum Gasteiger partial charge on any atom is 0.136 e. The van der Waals surface area contributed by atoms with Gasteiger partial charge >= 0.3 is 0 Å². The SMILES string of the molecule is COc1ccc2c3cc4cc5c(cc4cc3n3c4ccc(C(C)(C)C)cc4c1c23)oc1cc(C)ccc15. The van der Waals surface area contributed by atoms with Crippen LogP contribution in [0.5, 0.6) is 5.75 Å². The van der Waals surface area contributed by atoms with Gasteiger partial charge in [-0.05, 0) is 88.8 Å². The predicted molar refractivity (Wildman–Crippen MR) is 156 cm³/mol. The minimum atomic E-state index is 0.0716. The molecule has 3 heterocycles. The molecule has 0 amide bonds. The highest BCUT2D eigenvalue weighted by Gasteiger charge is 2.23. The highest BCUT2D eigenvalue weighted by Crippen LogP contribution is 2.45. The van der Waals surface area contributed by atoms with Crippen molar-refractivity contribution >= 4 is 70.8 Å². The van der Waals surface area contributed by atoms with E-state index in [2.05, 4.69) is 105 Å². The zero-order valence-electron chi connectivity index (χ0n) is 21.7. The van der Waals surface area contributed by atoms with E-state index >= 15 is 0 Å². The number of nitrogens with zero attached hydrogens (tertiary/aromatic N) is 1. The van der Waals surface area contributed by atoms with Crippen molar-refractivity contribution in [3.63, 3.8) is 0 Å². The van der Waals surface area contributed by atoms with Crippen LogP contribution in [-0.4, -0.2) is 11.5 Å². The minimum absolute atomic E-state index is 0.0716. The quantitative estimate of drug-likeness (QED) is 0.233. The van der Waals surface area contributed by atoms with Gasteiger partial charge in [0.05, 0.1) is 29.0 Å². The Bertz CT molecular complexity index is 2220. The lowest BCUT2D eigenvalue weighted by molar-refractivity contribution is 0.420. The number of rotatable bonds is 1. The molecule has 0 spiro atoms. The molecule has 0 atom stereocenters. The van der Waals surface area contributed by atoms with Crippen molar-refractivity contribution in [2.24, 2.45) is 0 Å². The fourth-order valence-electron chi connectivity index (χ4n) is 6.29. The third-order valence-corrected chi connectivity index (χ3v) is 8.19. The second-order valence-electron chi connectivity index (χ2n) is 11.5. The Balaban J connectivity index is 1.54. The highest BCUT2D eigenvalue weighted by atomic mass is 16.5. The minimum Gasteiger partial charge on any atom is -0.496 e. The van der Waals surface area contributed by atoms with E-state index in [1.54, 1.807) is 7.11 Å². The number of ether oxygens (including phenoxy) is 1. The first-order valence-corrected chi connectivity index (χ1v) is 12.9. The molecule has 5 aromatic carbocycles. The van der Waals surface area contributed by atoms with Crippen LogP contribution in [0.3, 0.4) is 0 Å². The first kappa shape index (κ1) is 20.9. The van der Waals surface area contributed by atoms with Gasteiger partial charge in [-0.25, -0.2) is 0 Å². The van der Waals surface area contributed by atoms with Crippen molar-refractivity contribution in [3.8, 4) is 5.75 Å². The molecule has 37 heavy (non-hydrogen) atoms. The highest BCUT2D eigenvalue weighted by molar-refractivity contribution is 6.26. The van der Waals surface area contributed by atoms with Crippen molar-refractivity contribution in [2.75, 3.05) is 7.11 Å². The number of hydrogen-bond donors (Lipinski definition) is 0. The molecule has 8 rings (SSSR count). The van der Waals surface area contributed by atoms with Gasteiger partial charge in [0.25, 0.3) is 0 Å². The molecule has 0 N–H and O–H groups in total. The smallest absolute Gasteiger partial charge is 0.136 e. The molecule has 0 fully saturated rings. The van der Waals surface area contributed by atoms with Crippen LogP contribution in [0.4, 0.5) is 0 Å². The third-order valence-electron chi connectivity index (χ3n) is 8.19.